The first kappa shape index (κ1) is 20.8. The van der Waals surface area contributed by atoms with Gasteiger partial charge in [0.1, 0.15) is 5.56 Å². The zero-order chi connectivity index (χ0) is 21.6. The number of amides is 1. The minimum Gasteiger partial charge on any atom is -0.347 e. The molecule has 0 saturated carbocycles. The summed E-state index contributed by atoms with van der Waals surface area (Å²) in [6.07, 6.45) is -3.27. The van der Waals surface area contributed by atoms with E-state index in [2.05, 4.69) is 5.32 Å². The smallest absolute Gasteiger partial charge is 0.347 e. The maximum absolute atomic E-state index is 13.1. The SMILES string of the molecule is CC(C)(C)NC(=O)c1cc2c(n(-c3ccc(C(F)(F)F)cc3)c1=O)CCCC2=O. The quantitative estimate of drug-likeness (QED) is 0.823. The van der Waals surface area contributed by atoms with Crippen LogP contribution in [-0.4, -0.2) is 21.8 Å². The summed E-state index contributed by atoms with van der Waals surface area (Å²) in [5.41, 5.74) is -1.48. The van der Waals surface area contributed by atoms with E-state index in [1.807, 2.05) is 0 Å². The molecular weight excluding hydrogens is 385 g/mol. The van der Waals surface area contributed by atoms with Gasteiger partial charge in [0.15, 0.2) is 5.78 Å². The number of nitrogens with one attached hydrogen (secondary N) is 1. The van der Waals surface area contributed by atoms with Gasteiger partial charge >= 0.3 is 6.18 Å². The minimum absolute atomic E-state index is 0.180. The molecule has 2 aromatic rings. The van der Waals surface area contributed by atoms with Gasteiger partial charge < -0.3 is 5.32 Å². The highest BCUT2D eigenvalue weighted by Gasteiger charge is 2.31. The Kier molecular flexibility index (Phi) is 5.15. The molecule has 1 aromatic carbocycles. The van der Waals surface area contributed by atoms with Crippen molar-refractivity contribution in [3.05, 3.63) is 63.1 Å². The Morgan fingerprint density at radius 3 is 2.21 bits per heavy atom. The molecule has 1 aliphatic carbocycles. The van der Waals surface area contributed by atoms with E-state index < -0.39 is 28.7 Å². The highest BCUT2D eigenvalue weighted by Crippen LogP contribution is 2.30. The van der Waals surface area contributed by atoms with Gasteiger partial charge in [0, 0.05) is 28.9 Å². The Morgan fingerprint density at radius 1 is 1.03 bits per heavy atom. The molecule has 1 amide bonds. The summed E-state index contributed by atoms with van der Waals surface area (Å²) in [7, 11) is 0. The number of aromatic nitrogens is 1. The van der Waals surface area contributed by atoms with Crippen molar-refractivity contribution >= 4 is 11.7 Å². The number of halogens is 3. The molecule has 0 atom stereocenters. The normalized spacial score (nSPS) is 14.5. The van der Waals surface area contributed by atoms with Crippen LogP contribution in [0.25, 0.3) is 5.69 Å². The van der Waals surface area contributed by atoms with Gasteiger partial charge in [0.2, 0.25) is 0 Å². The Balaban J connectivity index is 2.21. The van der Waals surface area contributed by atoms with E-state index >= 15 is 0 Å². The maximum atomic E-state index is 13.1. The molecule has 0 unspecified atom stereocenters. The lowest BCUT2D eigenvalue weighted by molar-refractivity contribution is -0.137. The lowest BCUT2D eigenvalue weighted by Crippen LogP contribution is -2.44. The Bertz CT molecular complexity index is 1030. The molecule has 5 nitrogen and oxygen atoms in total. The van der Waals surface area contributed by atoms with E-state index in [4.69, 9.17) is 0 Å². The summed E-state index contributed by atoms with van der Waals surface area (Å²) >= 11 is 0. The molecule has 0 bridgehead atoms. The molecule has 0 aliphatic heterocycles. The lowest BCUT2D eigenvalue weighted by atomic mass is 9.92. The fourth-order valence-corrected chi connectivity index (χ4v) is 3.33. The second-order valence-corrected chi connectivity index (χ2v) is 8.08. The summed E-state index contributed by atoms with van der Waals surface area (Å²) < 4.78 is 39.8. The molecule has 1 heterocycles. The Labute approximate surface area is 165 Å². The zero-order valence-corrected chi connectivity index (χ0v) is 16.3. The summed E-state index contributed by atoms with van der Waals surface area (Å²) in [6, 6.07) is 5.41. The fraction of sp³-hybridized carbons (Fsp3) is 0.381. The number of alkyl halides is 3. The molecule has 0 saturated heterocycles. The monoisotopic (exact) mass is 406 g/mol. The number of nitrogens with zero attached hydrogens (tertiary/aromatic N) is 1. The number of hydrogen-bond donors (Lipinski definition) is 1. The van der Waals surface area contributed by atoms with Crippen molar-refractivity contribution in [1.82, 2.24) is 9.88 Å². The van der Waals surface area contributed by atoms with Crippen LogP contribution in [0.4, 0.5) is 13.2 Å². The van der Waals surface area contributed by atoms with E-state index in [0.29, 0.717) is 25.0 Å². The van der Waals surface area contributed by atoms with Gasteiger partial charge in [-0.05, 0) is 63.9 Å². The number of pyridine rings is 1. The molecule has 0 spiro atoms. The molecule has 1 aliphatic rings. The van der Waals surface area contributed by atoms with Crippen molar-refractivity contribution in [2.24, 2.45) is 0 Å². The van der Waals surface area contributed by atoms with Gasteiger partial charge in [0.05, 0.1) is 5.56 Å². The third-order valence-corrected chi connectivity index (χ3v) is 4.61. The highest BCUT2D eigenvalue weighted by molar-refractivity contribution is 6.02. The molecule has 3 rings (SSSR count). The van der Waals surface area contributed by atoms with Crippen LogP contribution in [0, 0.1) is 0 Å². The second kappa shape index (κ2) is 7.17. The first-order chi connectivity index (χ1) is 13.4. The first-order valence-corrected chi connectivity index (χ1v) is 9.21. The van der Waals surface area contributed by atoms with Crippen LogP contribution >= 0.6 is 0 Å². The standard InChI is InChI=1S/C21H21F3N2O3/c1-20(2,3)25-18(28)15-11-14-16(5-4-6-17(14)27)26(19(15)29)13-9-7-12(8-10-13)21(22,23)24/h7-11H,4-6H2,1-3H3,(H,25,28). The second-order valence-electron chi connectivity index (χ2n) is 8.08. The third-order valence-electron chi connectivity index (χ3n) is 4.61. The molecular formula is C21H21F3N2O3. The van der Waals surface area contributed by atoms with Gasteiger partial charge in [0.25, 0.3) is 11.5 Å². The van der Waals surface area contributed by atoms with Crippen molar-refractivity contribution in [2.45, 2.75) is 51.7 Å². The van der Waals surface area contributed by atoms with Crippen molar-refractivity contribution in [3.63, 3.8) is 0 Å². The number of carbonyl (C=O) groups excluding carboxylic acids is 2. The number of rotatable bonds is 2. The van der Waals surface area contributed by atoms with Crippen molar-refractivity contribution in [1.29, 1.82) is 0 Å². The molecule has 0 fully saturated rings. The lowest BCUT2D eigenvalue weighted by Gasteiger charge is -2.24. The Hall–Kier alpha value is -2.90. The minimum atomic E-state index is -4.51. The maximum Gasteiger partial charge on any atom is 0.416 e. The van der Waals surface area contributed by atoms with Crippen molar-refractivity contribution in [2.75, 3.05) is 0 Å². The predicted octanol–water partition coefficient (Wildman–Crippen LogP) is 3.90. The van der Waals surface area contributed by atoms with Crippen molar-refractivity contribution < 1.29 is 22.8 Å². The summed E-state index contributed by atoms with van der Waals surface area (Å²) in [5, 5.41) is 2.69. The molecule has 154 valence electrons. The van der Waals surface area contributed by atoms with Crippen LogP contribution < -0.4 is 10.9 Å². The number of carbonyl (C=O) groups is 2. The molecule has 1 aromatic heterocycles. The number of hydrogen-bond acceptors (Lipinski definition) is 3. The molecule has 1 N–H and O–H groups in total. The van der Waals surface area contributed by atoms with E-state index in [-0.39, 0.29) is 22.6 Å². The zero-order valence-electron chi connectivity index (χ0n) is 16.3. The van der Waals surface area contributed by atoms with Gasteiger partial charge in [-0.1, -0.05) is 0 Å². The summed E-state index contributed by atoms with van der Waals surface area (Å²) in [6.45, 7) is 5.26. The number of fused-ring (bicyclic) bond motifs is 1. The number of benzene rings is 1. The van der Waals surface area contributed by atoms with Crippen LogP contribution in [-0.2, 0) is 12.6 Å². The average Bonchev–Trinajstić information content (AvgIpc) is 2.59. The topological polar surface area (TPSA) is 68.2 Å². The van der Waals surface area contributed by atoms with Crippen LogP contribution in [0.1, 0.15) is 65.6 Å². The average molecular weight is 406 g/mol. The highest BCUT2D eigenvalue weighted by atomic mass is 19.4. The van der Waals surface area contributed by atoms with E-state index in [1.165, 1.54) is 22.8 Å². The van der Waals surface area contributed by atoms with Crippen LogP contribution in [0.15, 0.2) is 35.1 Å². The van der Waals surface area contributed by atoms with Crippen LogP contribution in [0.5, 0.6) is 0 Å². The van der Waals surface area contributed by atoms with Gasteiger partial charge in [-0.15, -0.1) is 0 Å². The number of Topliss-reactive ketones (excluding diaryl/α,β-unsaturated/α-hetero) is 1. The fourth-order valence-electron chi connectivity index (χ4n) is 3.33. The largest absolute Gasteiger partial charge is 0.416 e. The third kappa shape index (κ3) is 4.26. The van der Waals surface area contributed by atoms with Gasteiger partial charge in [-0.3, -0.25) is 19.0 Å². The van der Waals surface area contributed by atoms with Crippen LogP contribution in [0.3, 0.4) is 0 Å². The van der Waals surface area contributed by atoms with Crippen LogP contribution in [0.2, 0.25) is 0 Å². The number of ketones is 1. The van der Waals surface area contributed by atoms with E-state index in [1.54, 1.807) is 20.8 Å². The van der Waals surface area contributed by atoms with E-state index in [9.17, 15) is 27.6 Å². The first-order valence-electron chi connectivity index (χ1n) is 9.21. The van der Waals surface area contributed by atoms with Gasteiger partial charge in [-0.2, -0.15) is 13.2 Å². The summed E-state index contributed by atoms with van der Waals surface area (Å²) in [4.78, 5) is 38.2. The van der Waals surface area contributed by atoms with Crippen molar-refractivity contribution in [3.8, 4) is 5.69 Å². The van der Waals surface area contributed by atoms with Gasteiger partial charge in [-0.25, -0.2) is 0 Å². The Morgan fingerprint density at radius 2 is 1.66 bits per heavy atom. The van der Waals surface area contributed by atoms with E-state index in [0.717, 1.165) is 12.1 Å². The molecule has 29 heavy (non-hydrogen) atoms. The summed E-state index contributed by atoms with van der Waals surface area (Å²) in [5.74, 6) is -0.832. The molecule has 8 heteroatoms. The molecule has 0 radical (unpaired) electrons. The predicted molar refractivity (Wildman–Crippen MR) is 102 cm³/mol.